The fourth-order valence-corrected chi connectivity index (χ4v) is 2.48. The number of hydrogen-bond donors (Lipinski definition) is 2. The molecule has 2 aromatic rings. The van der Waals surface area contributed by atoms with Gasteiger partial charge < -0.3 is 9.88 Å². The Kier molecular flexibility index (Phi) is 5.27. The predicted octanol–water partition coefficient (Wildman–Crippen LogP) is 3.05. The van der Waals surface area contributed by atoms with E-state index in [1.807, 2.05) is 37.5 Å². The summed E-state index contributed by atoms with van der Waals surface area (Å²) in [6.07, 6.45) is 1.68. The van der Waals surface area contributed by atoms with Gasteiger partial charge in [0, 0.05) is 23.5 Å². The summed E-state index contributed by atoms with van der Waals surface area (Å²) in [4.78, 5) is 0. The van der Waals surface area contributed by atoms with E-state index in [2.05, 4.69) is 15.8 Å². The number of para-hydroxylation sites is 1. The van der Waals surface area contributed by atoms with E-state index in [1.54, 1.807) is 18.3 Å². The summed E-state index contributed by atoms with van der Waals surface area (Å²) >= 11 is 5.04. The first-order chi connectivity index (χ1) is 10.5. The molecule has 0 fully saturated rings. The quantitative estimate of drug-likeness (QED) is 0.517. The van der Waals surface area contributed by atoms with Crippen molar-refractivity contribution in [3.8, 4) is 5.69 Å². The van der Waals surface area contributed by atoms with Gasteiger partial charge in [-0.2, -0.15) is 5.10 Å². The number of benzene rings is 1. The van der Waals surface area contributed by atoms with Crippen LogP contribution in [0.15, 0.2) is 35.4 Å². The Morgan fingerprint density at radius 3 is 2.77 bits per heavy atom. The lowest BCUT2D eigenvalue weighted by atomic mass is 10.2. The lowest BCUT2D eigenvalue weighted by Gasteiger charge is -2.10. The number of rotatable bonds is 4. The van der Waals surface area contributed by atoms with Gasteiger partial charge in [0.1, 0.15) is 5.82 Å². The average Bonchev–Trinajstić information content (AvgIpc) is 2.75. The molecule has 0 spiro atoms. The molecule has 0 aliphatic heterocycles. The Labute approximate surface area is 135 Å². The highest BCUT2D eigenvalue weighted by Crippen LogP contribution is 2.21. The van der Waals surface area contributed by atoms with Crippen LogP contribution in [0, 0.1) is 19.7 Å². The van der Waals surface area contributed by atoms with Crippen LogP contribution in [-0.4, -0.2) is 22.4 Å². The number of nitrogens with one attached hydrogen (secondary N) is 2. The molecule has 0 radical (unpaired) electrons. The highest BCUT2D eigenvalue weighted by atomic mass is 32.1. The Morgan fingerprint density at radius 2 is 2.09 bits per heavy atom. The smallest absolute Gasteiger partial charge is 0.186 e. The minimum atomic E-state index is -0.251. The van der Waals surface area contributed by atoms with Gasteiger partial charge in [-0.15, -0.1) is 0 Å². The number of aromatic nitrogens is 1. The van der Waals surface area contributed by atoms with E-state index < -0.39 is 0 Å². The van der Waals surface area contributed by atoms with E-state index in [0.29, 0.717) is 10.8 Å². The number of halogens is 1. The fourth-order valence-electron chi connectivity index (χ4n) is 2.28. The first kappa shape index (κ1) is 16.2. The van der Waals surface area contributed by atoms with Crippen molar-refractivity contribution >= 4 is 23.5 Å². The lowest BCUT2D eigenvalue weighted by Crippen LogP contribution is -2.31. The number of aryl methyl sites for hydroxylation is 1. The second-order valence-corrected chi connectivity index (χ2v) is 5.25. The van der Waals surface area contributed by atoms with E-state index in [4.69, 9.17) is 12.2 Å². The summed E-state index contributed by atoms with van der Waals surface area (Å²) in [5.74, 6) is -0.251. The number of thiocarbonyl (C=S) groups is 1. The third-order valence-corrected chi connectivity index (χ3v) is 3.51. The molecule has 116 valence electrons. The van der Waals surface area contributed by atoms with Crippen molar-refractivity contribution in [1.82, 2.24) is 15.3 Å². The second kappa shape index (κ2) is 7.17. The molecule has 6 heteroatoms. The van der Waals surface area contributed by atoms with Crippen molar-refractivity contribution in [2.45, 2.75) is 20.8 Å². The minimum absolute atomic E-state index is 0.251. The van der Waals surface area contributed by atoms with Crippen LogP contribution in [-0.2, 0) is 0 Å². The Hall–Kier alpha value is -2.21. The Morgan fingerprint density at radius 1 is 1.36 bits per heavy atom. The molecule has 0 saturated carbocycles. The summed E-state index contributed by atoms with van der Waals surface area (Å²) in [6, 6.07) is 8.68. The third-order valence-electron chi connectivity index (χ3n) is 3.27. The zero-order valence-corrected chi connectivity index (χ0v) is 13.7. The molecule has 0 bridgehead atoms. The molecule has 0 aliphatic rings. The van der Waals surface area contributed by atoms with Gasteiger partial charge in [0.05, 0.1) is 11.9 Å². The topological polar surface area (TPSA) is 41.4 Å². The van der Waals surface area contributed by atoms with Crippen molar-refractivity contribution in [2.75, 3.05) is 6.54 Å². The van der Waals surface area contributed by atoms with E-state index in [-0.39, 0.29) is 5.82 Å². The van der Waals surface area contributed by atoms with Gasteiger partial charge in [-0.3, -0.25) is 5.43 Å². The molecule has 2 N–H and O–H groups in total. The van der Waals surface area contributed by atoms with Crippen LogP contribution in [0.1, 0.15) is 23.9 Å². The molecule has 1 aromatic heterocycles. The Bertz CT molecular complexity index is 706. The summed E-state index contributed by atoms with van der Waals surface area (Å²) < 4.78 is 15.9. The molecule has 1 heterocycles. The largest absolute Gasteiger partial charge is 0.362 e. The molecule has 22 heavy (non-hydrogen) atoms. The minimum Gasteiger partial charge on any atom is -0.362 e. The van der Waals surface area contributed by atoms with Crippen LogP contribution in [0.3, 0.4) is 0 Å². The number of hydrazone groups is 1. The van der Waals surface area contributed by atoms with E-state index in [9.17, 15) is 4.39 Å². The fraction of sp³-hybridized carbons (Fsp3) is 0.250. The molecule has 0 atom stereocenters. The molecule has 0 aliphatic carbocycles. The van der Waals surface area contributed by atoms with Crippen molar-refractivity contribution in [2.24, 2.45) is 5.10 Å². The van der Waals surface area contributed by atoms with Crippen LogP contribution in [0.25, 0.3) is 5.69 Å². The normalized spacial score (nSPS) is 10.9. The first-order valence-corrected chi connectivity index (χ1v) is 7.46. The highest BCUT2D eigenvalue weighted by Gasteiger charge is 2.12. The van der Waals surface area contributed by atoms with E-state index >= 15 is 0 Å². The summed E-state index contributed by atoms with van der Waals surface area (Å²) in [5.41, 5.74) is 6.05. The van der Waals surface area contributed by atoms with Gasteiger partial charge in [-0.1, -0.05) is 12.1 Å². The molecule has 1 aromatic carbocycles. The second-order valence-electron chi connectivity index (χ2n) is 4.84. The zero-order valence-electron chi connectivity index (χ0n) is 12.9. The molecular formula is C16H19FN4S. The molecule has 4 nitrogen and oxygen atoms in total. The van der Waals surface area contributed by atoms with Crippen molar-refractivity contribution in [1.29, 1.82) is 0 Å². The van der Waals surface area contributed by atoms with Crippen molar-refractivity contribution < 1.29 is 4.39 Å². The molecule has 0 unspecified atom stereocenters. The summed E-state index contributed by atoms with van der Waals surface area (Å²) in [7, 11) is 0. The lowest BCUT2D eigenvalue weighted by molar-refractivity contribution is 0.616. The van der Waals surface area contributed by atoms with Crippen LogP contribution < -0.4 is 10.7 Å². The SMILES string of the molecule is CCNC(=S)NN=Cc1cc(C)n(-c2ccccc2F)c1C. The van der Waals surface area contributed by atoms with Crippen LogP contribution in [0.5, 0.6) is 0 Å². The summed E-state index contributed by atoms with van der Waals surface area (Å²) in [6.45, 7) is 6.57. The van der Waals surface area contributed by atoms with Gasteiger partial charge in [0.15, 0.2) is 5.11 Å². The third kappa shape index (κ3) is 3.51. The monoisotopic (exact) mass is 318 g/mol. The van der Waals surface area contributed by atoms with Gasteiger partial charge in [0.25, 0.3) is 0 Å². The maximum Gasteiger partial charge on any atom is 0.186 e. The first-order valence-electron chi connectivity index (χ1n) is 7.05. The van der Waals surface area contributed by atoms with E-state index in [0.717, 1.165) is 23.5 Å². The molecule has 0 saturated heterocycles. The summed E-state index contributed by atoms with van der Waals surface area (Å²) in [5, 5.41) is 7.53. The van der Waals surface area contributed by atoms with Gasteiger partial charge in [0.2, 0.25) is 0 Å². The molecular weight excluding hydrogens is 299 g/mol. The van der Waals surface area contributed by atoms with Crippen molar-refractivity contribution in [3.05, 3.63) is 53.1 Å². The predicted molar refractivity (Wildman–Crippen MR) is 92.2 cm³/mol. The van der Waals surface area contributed by atoms with Gasteiger partial charge in [-0.05, 0) is 51.2 Å². The van der Waals surface area contributed by atoms with Crippen LogP contribution >= 0.6 is 12.2 Å². The molecule has 0 amide bonds. The number of nitrogens with zero attached hydrogens (tertiary/aromatic N) is 2. The maximum absolute atomic E-state index is 14.0. The van der Waals surface area contributed by atoms with Gasteiger partial charge in [-0.25, -0.2) is 4.39 Å². The van der Waals surface area contributed by atoms with Gasteiger partial charge >= 0.3 is 0 Å². The zero-order chi connectivity index (χ0) is 16.1. The maximum atomic E-state index is 14.0. The number of hydrogen-bond acceptors (Lipinski definition) is 2. The van der Waals surface area contributed by atoms with E-state index in [1.165, 1.54) is 6.07 Å². The van der Waals surface area contributed by atoms with Crippen LogP contribution in [0.4, 0.5) is 4.39 Å². The molecule has 2 rings (SSSR count). The average molecular weight is 318 g/mol. The standard InChI is InChI=1S/C16H19FN4S/c1-4-18-16(22)20-19-10-13-9-11(2)21(12(13)3)15-8-6-5-7-14(15)17/h5-10H,4H2,1-3H3,(H2,18,20,22). The highest BCUT2D eigenvalue weighted by molar-refractivity contribution is 7.80. The van der Waals surface area contributed by atoms with Crippen LogP contribution in [0.2, 0.25) is 0 Å². The van der Waals surface area contributed by atoms with Crippen molar-refractivity contribution in [3.63, 3.8) is 0 Å². The Balaban J connectivity index is 2.26.